The van der Waals surface area contributed by atoms with E-state index >= 15 is 0 Å². The minimum Gasteiger partial charge on any atom is -0.485 e. The summed E-state index contributed by atoms with van der Waals surface area (Å²) in [5, 5.41) is 0. The Bertz CT molecular complexity index is 797. The van der Waals surface area contributed by atoms with Gasteiger partial charge in [-0.15, -0.1) is 0 Å². The molecule has 2 aromatic carbocycles. The van der Waals surface area contributed by atoms with Crippen molar-refractivity contribution in [1.82, 2.24) is 9.97 Å². The molecule has 0 radical (unpaired) electrons. The van der Waals surface area contributed by atoms with Crippen LogP contribution >= 0.6 is 0 Å². The molecule has 0 fully saturated rings. The first-order chi connectivity index (χ1) is 10.3. The Labute approximate surface area is 121 Å². The highest BCUT2D eigenvalue weighted by Crippen LogP contribution is 2.35. The van der Waals surface area contributed by atoms with Crippen molar-refractivity contribution in [2.24, 2.45) is 5.73 Å². The third-order valence-corrected chi connectivity index (χ3v) is 3.61. The van der Waals surface area contributed by atoms with Crippen molar-refractivity contribution in [1.29, 1.82) is 0 Å². The number of nitrogens with zero attached hydrogens (tertiary/aromatic N) is 1. The molecule has 1 unspecified atom stereocenters. The molecule has 0 spiro atoms. The van der Waals surface area contributed by atoms with E-state index in [-0.39, 0.29) is 6.10 Å². The Morgan fingerprint density at radius 3 is 2.90 bits per heavy atom. The largest absolute Gasteiger partial charge is 0.485 e. The summed E-state index contributed by atoms with van der Waals surface area (Å²) >= 11 is 0. The van der Waals surface area contributed by atoms with Crippen molar-refractivity contribution in [3.63, 3.8) is 0 Å². The molecule has 1 atom stereocenters. The fourth-order valence-corrected chi connectivity index (χ4v) is 2.51. The van der Waals surface area contributed by atoms with E-state index in [9.17, 15) is 0 Å². The Morgan fingerprint density at radius 2 is 2.05 bits per heavy atom. The lowest BCUT2D eigenvalue weighted by Crippen LogP contribution is -2.22. The number of hydrogen-bond acceptors (Lipinski definition) is 4. The van der Waals surface area contributed by atoms with Crippen molar-refractivity contribution in [3.05, 3.63) is 53.9 Å². The summed E-state index contributed by atoms with van der Waals surface area (Å²) in [4.78, 5) is 7.88. The van der Waals surface area contributed by atoms with E-state index in [0.717, 1.165) is 33.9 Å². The van der Waals surface area contributed by atoms with Crippen LogP contribution < -0.4 is 15.2 Å². The van der Waals surface area contributed by atoms with E-state index in [2.05, 4.69) is 9.97 Å². The standard InChI is InChI=1S/C16H15N3O2/c17-8-10-5-6-11-12(7-10)19-16(18-11)15-9-20-13-3-1-2-4-14(13)21-15/h1-7,15H,8-9,17H2,(H,18,19). The van der Waals surface area contributed by atoms with E-state index < -0.39 is 0 Å². The van der Waals surface area contributed by atoms with Crippen LogP contribution in [-0.2, 0) is 6.54 Å². The second-order valence-electron chi connectivity index (χ2n) is 5.04. The fourth-order valence-electron chi connectivity index (χ4n) is 2.51. The molecule has 1 aromatic heterocycles. The molecule has 3 aromatic rings. The Hall–Kier alpha value is -2.53. The predicted molar refractivity (Wildman–Crippen MR) is 79.3 cm³/mol. The zero-order valence-electron chi connectivity index (χ0n) is 11.4. The summed E-state index contributed by atoms with van der Waals surface area (Å²) < 4.78 is 11.7. The molecular weight excluding hydrogens is 266 g/mol. The van der Waals surface area contributed by atoms with Crippen molar-refractivity contribution < 1.29 is 9.47 Å². The van der Waals surface area contributed by atoms with E-state index in [1.54, 1.807) is 0 Å². The number of aromatic amines is 1. The first kappa shape index (κ1) is 12.2. The first-order valence-electron chi connectivity index (χ1n) is 6.90. The van der Waals surface area contributed by atoms with E-state index in [0.29, 0.717) is 13.2 Å². The topological polar surface area (TPSA) is 73.2 Å². The van der Waals surface area contributed by atoms with Crippen LogP contribution in [0.2, 0.25) is 0 Å². The number of para-hydroxylation sites is 2. The second kappa shape index (κ2) is 4.79. The van der Waals surface area contributed by atoms with Crippen molar-refractivity contribution in [3.8, 4) is 11.5 Å². The highest BCUT2D eigenvalue weighted by atomic mass is 16.6. The quantitative estimate of drug-likeness (QED) is 0.757. The van der Waals surface area contributed by atoms with Crippen LogP contribution in [0.4, 0.5) is 0 Å². The summed E-state index contributed by atoms with van der Waals surface area (Å²) in [5.74, 6) is 2.29. The first-order valence-corrected chi connectivity index (χ1v) is 6.90. The number of fused-ring (bicyclic) bond motifs is 2. The number of aromatic nitrogens is 2. The van der Waals surface area contributed by atoms with Crippen LogP contribution in [0.5, 0.6) is 11.5 Å². The number of hydrogen-bond donors (Lipinski definition) is 2. The Kier molecular flexibility index (Phi) is 2.79. The average Bonchev–Trinajstić information content (AvgIpc) is 2.97. The summed E-state index contributed by atoms with van der Waals surface area (Å²) in [5.41, 5.74) is 8.61. The molecular formula is C16H15N3O2. The normalized spacial score (nSPS) is 17.1. The van der Waals surface area contributed by atoms with Crippen molar-refractivity contribution in [2.75, 3.05) is 6.61 Å². The molecule has 0 saturated carbocycles. The van der Waals surface area contributed by atoms with Crippen molar-refractivity contribution >= 4 is 11.0 Å². The van der Waals surface area contributed by atoms with Gasteiger partial charge in [0.2, 0.25) is 0 Å². The van der Waals surface area contributed by atoms with Crippen LogP contribution in [0.3, 0.4) is 0 Å². The lowest BCUT2D eigenvalue weighted by atomic mass is 10.2. The summed E-state index contributed by atoms with van der Waals surface area (Å²) in [6, 6.07) is 13.6. The molecule has 1 aliphatic heterocycles. The number of H-pyrrole nitrogens is 1. The van der Waals surface area contributed by atoms with Gasteiger partial charge < -0.3 is 20.2 Å². The highest BCUT2D eigenvalue weighted by Gasteiger charge is 2.24. The third kappa shape index (κ3) is 2.11. The Balaban J connectivity index is 1.68. The predicted octanol–water partition coefficient (Wildman–Crippen LogP) is 2.53. The van der Waals surface area contributed by atoms with Crippen LogP contribution in [-0.4, -0.2) is 16.6 Å². The molecule has 2 heterocycles. The third-order valence-electron chi connectivity index (χ3n) is 3.61. The van der Waals surface area contributed by atoms with Crippen molar-refractivity contribution in [2.45, 2.75) is 12.6 Å². The molecule has 21 heavy (non-hydrogen) atoms. The van der Waals surface area contributed by atoms with Gasteiger partial charge in [0.15, 0.2) is 23.4 Å². The molecule has 0 bridgehead atoms. The molecule has 1 aliphatic rings. The van der Waals surface area contributed by atoms with Crippen LogP contribution in [0.25, 0.3) is 11.0 Å². The van der Waals surface area contributed by atoms with Gasteiger partial charge in [-0.3, -0.25) is 0 Å². The molecule has 0 amide bonds. The van der Waals surface area contributed by atoms with Gasteiger partial charge in [-0.1, -0.05) is 18.2 Å². The highest BCUT2D eigenvalue weighted by molar-refractivity contribution is 5.76. The fraction of sp³-hybridized carbons (Fsp3) is 0.188. The van der Waals surface area contributed by atoms with E-state index in [1.165, 1.54) is 0 Å². The number of nitrogens with one attached hydrogen (secondary N) is 1. The van der Waals surface area contributed by atoms with Gasteiger partial charge in [0.1, 0.15) is 6.61 Å². The Morgan fingerprint density at radius 1 is 1.19 bits per heavy atom. The second-order valence-corrected chi connectivity index (χ2v) is 5.04. The zero-order chi connectivity index (χ0) is 14.2. The van der Waals surface area contributed by atoms with Gasteiger partial charge >= 0.3 is 0 Å². The summed E-state index contributed by atoms with van der Waals surface area (Å²) in [7, 11) is 0. The molecule has 5 nitrogen and oxygen atoms in total. The van der Waals surface area contributed by atoms with Crippen LogP contribution in [0, 0.1) is 0 Å². The van der Waals surface area contributed by atoms with E-state index in [4.69, 9.17) is 15.2 Å². The average molecular weight is 281 g/mol. The number of rotatable bonds is 2. The molecule has 4 rings (SSSR count). The van der Waals surface area contributed by atoms with E-state index in [1.807, 2.05) is 42.5 Å². The molecule has 3 N–H and O–H groups in total. The maximum absolute atomic E-state index is 5.96. The van der Waals surface area contributed by atoms with Gasteiger partial charge in [0.05, 0.1) is 11.0 Å². The smallest absolute Gasteiger partial charge is 0.190 e. The minimum absolute atomic E-state index is 0.228. The number of nitrogens with two attached hydrogens (primary N) is 1. The van der Waals surface area contributed by atoms with Gasteiger partial charge in [-0.25, -0.2) is 4.98 Å². The lowest BCUT2D eigenvalue weighted by Gasteiger charge is -2.24. The zero-order valence-corrected chi connectivity index (χ0v) is 11.4. The molecule has 0 aliphatic carbocycles. The monoisotopic (exact) mass is 281 g/mol. The number of imidazole rings is 1. The maximum Gasteiger partial charge on any atom is 0.190 e. The lowest BCUT2D eigenvalue weighted by molar-refractivity contribution is 0.0859. The molecule has 0 saturated heterocycles. The van der Waals surface area contributed by atoms with Gasteiger partial charge in [0.25, 0.3) is 0 Å². The van der Waals surface area contributed by atoms with Crippen LogP contribution in [0.1, 0.15) is 17.5 Å². The summed E-state index contributed by atoms with van der Waals surface area (Å²) in [6.45, 7) is 0.960. The minimum atomic E-state index is -0.228. The number of ether oxygens (including phenoxy) is 2. The molecule has 106 valence electrons. The number of benzene rings is 2. The van der Waals surface area contributed by atoms with Crippen LogP contribution in [0.15, 0.2) is 42.5 Å². The van der Waals surface area contributed by atoms with Gasteiger partial charge in [-0.2, -0.15) is 0 Å². The van der Waals surface area contributed by atoms with Gasteiger partial charge in [0, 0.05) is 6.54 Å². The maximum atomic E-state index is 5.96. The molecule has 5 heteroatoms. The SMILES string of the molecule is NCc1ccc2nc(C3COc4ccccc4O3)[nH]c2c1. The van der Waals surface area contributed by atoms with Gasteiger partial charge in [-0.05, 0) is 29.8 Å². The summed E-state index contributed by atoms with van der Waals surface area (Å²) in [6.07, 6.45) is -0.228.